The van der Waals surface area contributed by atoms with Crippen LogP contribution in [-0.4, -0.2) is 9.55 Å². The maximum absolute atomic E-state index is 5.87. The minimum absolute atomic E-state index is 0.564. The average Bonchev–Trinajstić information content (AvgIpc) is 2.48. The van der Waals surface area contributed by atoms with Crippen LogP contribution < -0.4 is 5.73 Å². The van der Waals surface area contributed by atoms with Crippen molar-refractivity contribution in [3.8, 4) is 0 Å². The summed E-state index contributed by atoms with van der Waals surface area (Å²) in [7, 11) is 0. The Morgan fingerprint density at radius 3 is 3.00 bits per heavy atom. The first kappa shape index (κ1) is 8.38. The number of aryl methyl sites for hydroxylation is 1. The molecule has 0 aliphatic rings. The Balaban J connectivity index is 2.77. The highest BCUT2D eigenvalue weighted by atomic mass is 35.5. The van der Waals surface area contributed by atoms with E-state index < -0.39 is 0 Å². The summed E-state index contributed by atoms with van der Waals surface area (Å²) < 4.78 is 2.03. The molecule has 2 rings (SSSR count). The Morgan fingerprint density at radius 1 is 1.54 bits per heavy atom. The van der Waals surface area contributed by atoms with Gasteiger partial charge in [0, 0.05) is 6.54 Å². The number of nitrogens with two attached hydrogens (primary N) is 1. The van der Waals surface area contributed by atoms with Gasteiger partial charge in [-0.25, -0.2) is 4.98 Å². The van der Waals surface area contributed by atoms with E-state index in [4.69, 9.17) is 17.3 Å². The fraction of sp³-hybridized carbons (Fsp3) is 0.222. The van der Waals surface area contributed by atoms with Gasteiger partial charge in [-0.2, -0.15) is 0 Å². The predicted octanol–water partition coefficient (Wildman–Crippen LogP) is 2.29. The third-order valence-corrected chi connectivity index (χ3v) is 2.41. The molecule has 1 aromatic heterocycles. The number of anilines is 1. The summed E-state index contributed by atoms with van der Waals surface area (Å²) >= 11 is 5.87. The lowest BCUT2D eigenvalue weighted by atomic mass is 10.3. The summed E-state index contributed by atoms with van der Waals surface area (Å²) in [6, 6.07) is 3.65. The zero-order valence-corrected chi connectivity index (χ0v) is 8.04. The maximum Gasteiger partial charge on any atom is 0.0958 e. The lowest BCUT2D eigenvalue weighted by molar-refractivity contribution is 0.787. The molecule has 0 aliphatic carbocycles. The molecule has 1 aromatic carbocycles. The lowest BCUT2D eigenvalue weighted by Crippen LogP contribution is -1.92. The fourth-order valence-corrected chi connectivity index (χ4v) is 1.50. The zero-order chi connectivity index (χ0) is 9.42. The summed E-state index contributed by atoms with van der Waals surface area (Å²) in [6.07, 6.45) is 1.79. The van der Waals surface area contributed by atoms with Crippen LogP contribution in [0.2, 0.25) is 5.02 Å². The number of hydrogen-bond donors (Lipinski definition) is 1. The molecule has 1 heterocycles. The van der Waals surface area contributed by atoms with E-state index >= 15 is 0 Å². The normalized spacial score (nSPS) is 10.9. The fourth-order valence-electron chi connectivity index (χ4n) is 1.35. The second kappa shape index (κ2) is 2.92. The summed E-state index contributed by atoms with van der Waals surface area (Å²) in [5.41, 5.74) is 8.22. The maximum atomic E-state index is 5.87. The molecule has 0 saturated carbocycles. The number of rotatable bonds is 1. The van der Waals surface area contributed by atoms with Crippen LogP contribution >= 0.6 is 11.6 Å². The first-order valence-corrected chi connectivity index (χ1v) is 4.50. The highest BCUT2D eigenvalue weighted by Gasteiger charge is 2.04. The van der Waals surface area contributed by atoms with Gasteiger partial charge in [-0.3, -0.25) is 0 Å². The largest absolute Gasteiger partial charge is 0.397 e. The smallest absolute Gasteiger partial charge is 0.0958 e. The van der Waals surface area contributed by atoms with E-state index in [9.17, 15) is 0 Å². The van der Waals surface area contributed by atoms with Gasteiger partial charge in [0.15, 0.2) is 0 Å². The minimum atomic E-state index is 0.564. The average molecular weight is 196 g/mol. The Hall–Kier alpha value is -1.22. The monoisotopic (exact) mass is 195 g/mol. The van der Waals surface area contributed by atoms with E-state index in [2.05, 4.69) is 11.9 Å². The molecule has 0 aliphatic heterocycles. The predicted molar refractivity (Wildman–Crippen MR) is 54.8 cm³/mol. The van der Waals surface area contributed by atoms with Crippen LogP contribution in [0.5, 0.6) is 0 Å². The molecule has 0 saturated heterocycles. The van der Waals surface area contributed by atoms with E-state index in [-0.39, 0.29) is 0 Å². The van der Waals surface area contributed by atoms with E-state index in [1.165, 1.54) is 0 Å². The van der Waals surface area contributed by atoms with E-state index in [0.717, 1.165) is 17.6 Å². The quantitative estimate of drug-likeness (QED) is 0.710. The van der Waals surface area contributed by atoms with Crippen molar-refractivity contribution in [1.82, 2.24) is 9.55 Å². The van der Waals surface area contributed by atoms with Crippen molar-refractivity contribution in [2.45, 2.75) is 13.5 Å². The Labute approximate surface area is 81.1 Å². The SMILES string of the molecule is CCn1cnc2cc(Cl)c(N)cc21. The summed E-state index contributed by atoms with van der Waals surface area (Å²) in [4.78, 5) is 4.21. The van der Waals surface area contributed by atoms with Crippen molar-refractivity contribution in [3.63, 3.8) is 0 Å². The van der Waals surface area contributed by atoms with Crippen LogP contribution in [0.15, 0.2) is 18.5 Å². The molecule has 0 bridgehead atoms. The van der Waals surface area contributed by atoms with Gasteiger partial charge in [0.2, 0.25) is 0 Å². The molecule has 0 spiro atoms. The number of nitrogens with zero attached hydrogens (tertiary/aromatic N) is 2. The molecular weight excluding hydrogens is 186 g/mol. The molecule has 4 heteroatoms. The van der Waals surface area contributed by atoms with Crippen molar-refractivity contribution < 1.29 is 0 Å². The number of fused-ring (bicyclic) bond motifs is 1. The first-order valence-electron chi connectivity index (χ1n) is 4.12. The van der Waals surface area contributed by atoms with Crippen molar-refractivity contribution in [3.05, 3.63) is 23.5 Å². The highest BCUT2D eigenvalue weighted by Crippen LogP contribution is 2.24. The van der Waals surface area contributed by atoms with Crippen LogP contribution in [0.1, 0.15) is 6.92 Å². The van der Waals surface area contributed by atoms with Gasteiger partial charge in [0.25, 0.3) is 0 Å². The molecule has 68 valence electrons. The zero-order valence-electron chi connectivity index (χ0n) is 7.29. The molecule has 2 N–H and O–H groups in total. The Kier molecular flexibility index (Phi) is 1.88. The van der Waals surface area contributed by atoms with Crippen LogP contribution in [0.4, 0.5) is 5.69 Å². The molecule has 3 nitrogen and oxygen atoms in total. The second-order valence-corrected chi connectivity index (χ2v) is 3.30. The molecule has 0 atom stereocenters. The third kappa shape index (κ3) is 1.25. The number of benzene rings is 1. The number of imidazole rings is 1. The summed E-state index contributed by atoms with van der Waals surface area (Å²) in [6.45, 7) is 2.95. The number of aromatic nitrogens is 2. The van der Waals surface area contributed by atoms with E-state index in [1.54, 1.807) is 12.4 Å². The molecular formula is C9H10ClN3. The van der Waals surface area contributed by atoms with Crippen molar-refractivity contribution in [2.24, 2.45) is 0 Å². The van der Waals surface area contributed by atoms with Gasteiger partial charge >= 0.3 is 0 Å². The van der Waals surface area contributed by atoms with Gasteiger partial charge in [0.05, 0.1) is 28.1 Å². The van der Waals surface area contributed by atoms with Crippen LogP contribution in [0, 0.1) is 0 Å². The summed E-state index contributed by atoms with van der Waals surface area (Å²) in [5.74, 6) is 0. The molecule has 0 fully saturated rings. The minimum Gasteiger partial charge on any atom is -0.397 e. The van der Waals surface area contributed by atoms with Gasteiger partial charge in [-0.15, -0.1) is 0 Å². The van der Waals surface area contributed by atoms with Gasteiger partial charge < -0.3 is 10.3 Å². The van der Waals surface area contributed by atoms with Crippen LogP contribution in [0.3, 0.4) is 0 Å². The Morgan fingerprint density at radius 2 is 2.31 bits per heavy atom. The highest BCUT2D eigenvalue weighted by molar-refractivity contribution is 6.33. The van der Waals surface area contributed by atoms with Crippen molar-refractivity contribution in [1.29, 1.82) is 0 Å². The van der Waals surface area contributed by atoms with Gasteiger partial charge in [-0.1, -0.05) is 11.6 Å². The van der Waals surface area contributed by atoms with E-state index in [0.29, 0.717) is 10.7 Å². The topological polar surface area (TPSA) is 43.8 Å². The number of hydrogen-bond acceptors (Lipinski definition) is 2. The Bertz CT molecular complexity index is 447. The molecule has 13 heavy (non-hydrogen) atoms. The van der Waals surface area contributed by atoms with E-state index in [1.807, 2.05) is 10.6 Å². The van der Waals surface area contributed by atoms with Gasteiger partial charge in [-0.05, 0) is 19.1 Å². The first-order chi connectivity index (χ1) is 6.22. The molecule has 2 aromatic rings. The third-order valence-electron chi connectivity index (χ3n) is 2.08. The summed E-state index contributed by atoms with van der Waals surface area (Å²) in [5, 5.41) is 0.564. The molecule has 0 amide bonds. The van der Waals surface area contributed by atoms with Crippen LogP contribution in [-0.2, 0) is 6.54 Å². The van der Waals surface area contributed by atoms with Crippen LogP contribution in [0.25, 0.3) is 11.0 Å². The second-order valence-electron chi connectivity index (χ2n) is 2.89. The number of nitrogen functional groups attached to an aromatic ring is 1. The lowest BCUT2D eigenvalue weighted by Gasteiger charge is -2.01. The standard InChI is InChI=1S/C9H10ClN3/c1-2-13-5-12-8-3-6(10)7(11)4-9(8)13/h3-5H,2,11H2,1H3. The van der Waals surface area contributed by atoms with Crippen molar-refractivity contribution >= 4 is 28.3 Å². The molecule has 0 radical (unpaired) electrons. The van der Waals surface area contributed by atoms with Crippen molar-refractivity contribution in [2.75, 3.05) is 5.73 Å². The van der Waals surface area contributed by atoms with Gasteiger partial charge in [0.1, 0.15) is 0 Å². The number of halogens is 1. The molecule has 0 unspecified atom stereocenters.